The second kappa shape index (κ2) is 17.8. The predicted octanol–water partition coefficient (Wildman–Crippen LogP) is 2.86. The summed E-state index contributed by atoms with van der Waals surface area (Å²) in [4.78, 5) is 47.6. The van der Waals surface area contributed by atoms with Crippen LogP contribution in [0.5, 0.6) is 5.75 Å². The summed E-state index contributed by atoms with van der Waals surface area (Å²) in [5.41, 5.74) is 0.906. The minimum Gasteiger partial charge on any atom is -0.497 e. The molecule has 2 rings (SSSR count). The number of carbonyl (C=O) groups excluding carboxylic acids is 4. The SMILES string of the molecule is COc1ccc(COC[C@@H](CCC#CI)O[C@@H]2O[C@H](COC(C)=O)[C@@H](OC(C)=O)[C@H](OC(C)=O)[C@H]2OC(C)=O)cc1. The van der Waals surface area contributed by atoms with Crippen LogP contribution in [-0.4, -0.2) is 81.0 Å². The van der Waals surface area contributed by atoms with Gasteiger partial charge >= 0.3 is 23.9 Å². The Bertz CT molecular complexity index is 1080. The standard InChI is InChI=1S/C28H35IO12/c1-17(30)36-16-24-25(37-18(2)31)26(38-19(3)32)27(39-20(4)33)28(41-24)40-23(8-6-7-13-29)15-35-14-21-9-11-22(34-5)12-10-21/h9-12,23-28H,6,8,14-16H2,1-5H3/t23-,24-,25-,26+,27-,28-/m1/s1. The van der Waals surface area contributed by atoms with Gasteiger partial charge in [-0.15, -0.1) is 0 Å². The molecule has 0 N–H and O–H groups in total. The van der Waals surface area contributed by atoms with Gasteiger partial charge in [0, 0.05) is 56.7 Å². The van der Waals surface area contributed by atoms with Crippen LogP contribution in [0.25, 0.3) is 0 Å². The lowest BCUT2D eigenvalue weighted by Gasteiger charge is -2.44. The quantitative estimate of drug-likeness (QED) is 0.123. The lowest BCUT2D eigenvalue weighted by Crippen LogP contribution is -2.63. The van der Waals surface area contributed by atoms with E-state index in [1.54, 1.807) is 7.11 Å². The highest BCUT2D eigenvalue weighted by Crippen LogP contribution is 2.31. The molecule has 13 heteroatoms. The van der Waals surface area contributed by atoms with E-state index < -0.39 is 60.7 Å². The number of methoxy groups -OCH3 is 1. The first-order chi connectivity index (χ1) is 19.5. The van der Waals surface area contributed by atoms with Crippen molar-refractivity contribution in [1.82, 2.24) is 0 Å². The van der Waals surface area contributed by atoms with Gasteiger partial charge in [-0.2, -0.15) is 0 Å². The normalized spacial score (nSPS) is 22.3. The van der Waals surface area contributed by atoms with Crippen LogP contribution in [0, 0.1) is 9.85 Å². The molecule has 41 heavy (non-hydrogen) atoms. The predicted molar refractivity (Wildman–Crippen MR) is 151 cm³/mol. The topological polar surface area (TPSA) is 142 Å². The molecule has 1 fully saturated rings. The van der Waals surface area contributed by atoms with Crippen molar-refractivity contribution >= 4 is 46.5 Å². The summed E-state index contributed by atoms with van der Waals surface area (Å²) in [6.07, 6.45) is -6.06. The summed E-state index contributed by atoms with van der Waals surface area (Å²) in [7, 11) is 1.58. The largest absolute Gasteiger partial charge is 0.497 e. The number of esters is 4. The van der Waals surface area contributed by atoms with Crippen LogP contribution in [0.15, 0.2) is 24.3 Å². The minimum absolute atomic E-state index is 0.113. The number of ether oxygens (including phenoxy) is 8. The van der Waals surface area contributed by atoms with Crippen LogP contribution in [0.2, 0.25) is 0 Å². The highest BCUT2D eigenvalue weighted by molar-refractivity contribution is 14.1. The van der Waals surface area contributed by atoms with Gasteiger partial charge in [0.05, 0.1) is 26.4 Å². The molecule has 1 heterocycles. The van der Waals surface area contributed by atoms with Crippen LogP contribution in [-0.2, 0) is 58.9 Å². The van der Waals surface area contributed by atoms with Crippen LogP contribution >= 0.6 is 22.6 Å². The monoisotopic (exact) mass is 690 g/mol. The fraction of sp³-hybridized carbons (Fsp3) is 0.571. The van der Waals surface area contributed by atoms with Gasteiger partial charge in [-0.25, -0.2) is 0 Å². The first kappa shape index (κ1) is 34.3. The van der Waals surface area contributed by atoms with Crippen LogP contribution in [0.4, 0.5) is 0 Å². The molecule has 0 unspecified atom stereocenters. The number of carbonyl (C=O) groups is 4. The van der Waals surface area contributed by atoms with Crippen molar-refractivity contribution < 1.29 is 57.1 Å². The maximum Gasteiger partial charge on any atom is 0.303 e. The zero-order chi connectivity index (χ0) is 30.4. The maximum atomic E-state index is 12.1. The Kier molecular flexibility index (Phi) is 14.9. The Morgan fingerprint density at radius 3 is 2.07 bits per heavy atom. The molecule has 6 atom stereocenters. The summed E-state index contributed by atoms with van der Waals surface area (Å²) in [5.74, 6) is 0.910. The van der Waals surface area contributed by atoms with Crippen LogP contribution in [0.3, 0.4) is 0 Å². The number of benzene rings is 1. The van der Waals surface area contributed by atoms with Crippen molar-refractivity contribution in [3.05, 3.63) is 29.8 Å². The molecule has 226 valence electrons. The van der Waals surface area contributed by atoms with Gasteiger partial charge < -0.3 is 37.9 Å². The van der Waals surface area contributed by atoms with E-state index in [2.05, 4.69) is 9.85 Å². The fourth-order valence-corrected chi connectivity index (χ4v) is 4.26. The molecule has 0 radical (unpaired) electrons. The van der Waals surface area contributed by atoms with E-state index in [0.29, 0.717) is 12.8 Å². The number of hydrogen-bond acceptors (Lipinski definition) is 12. The molecular weight excluding hydrogens is 655 g/mol. The minimum atomic E-state index is -1.32. The van der Waals surface area contributed by atoms with Crippen molar-refractivity contribution in [2.45, 2.75) is 84.0 Å². The average Bonchev–Trinajstić information content (AvgIpc) is 2.90. The first-order valence-electron chi connectivity index (χ1n) is 12.8. The van der Waals surface area contributed by atoms with Crippen molar-refractivity contribution in [2.75, 3.05) is 20.3 Å². The van der Waals surface area contributed by atoms with Gasteiger partial charge in [0.25, 0.3) is 0 Å². The van der Waals surface area contributed by atoms with E-state index >= 15 is 0 Å². The summed E-state index contributed by atoms with van der Waals surface area (Å²) < 4.78 is 47.6. The molecule has 0 aromatic heterocycles. The summed E-state index contributed by atoms with van der Waals surface area (Å²) in [5, 5.41) is 0. The third-order valence-corrected chi connectivity index (χ3v) is 6.05. The maximum absolute atomic E-state index is 12.1. The van der Waals surface area contributed by atoms with E-state index in [0.717, 1.165) is 25.2 Å². The van der Waals surface area contributed by atoms with Crippen molar-refractivity contribution in [3.8, 4) is 15.6 Å². The van der Waals surface area contributed by atoms with Gasteiger partial charge in [-0.05, 0) is 28.0 Å². The summed E-state index contributed by atoms with van der Waals surface area (Å²) in [6, 6.07) is 7.38. The Hall–Kier alpha value is -2.93. The van der Waals surface area contributed by atoms with Crippen molar-refractivity contribution in [3.63, 3.8) is 0 Å². The second-order valence-corrected chi connectivity index (χ2v) is 9.54. The van der Waals surface area contributed by atoms with Crippen molar-refractivity contribution in [2.24, 2.45) is 0 Å². The first-order valence-corrected chi connectivity index (χ1v) is 13.9. The third kappa shape index (κ3) is 12.2. The molecule has 1 saturated heterocycles. The van der Waals surface area contributed by atoms with Gasteiger partial charge in [-0.1, -0.05) is 18.1 Å². The second-order valence-electron chi connectivity index (χ2n) is 9.00. The molecule has 0 aliphatic carbocycles. The van der Waals surface area contributed by atoms with E-state index in [9.17, 15) is 19.2 Å². The molecule has 0 amide bonds. The van der Waals surface area contributed by atoms with Gasteiger partial charge in [0.2, 0.25) is 0 Å². The average molecular weight is 690 g/mol. The van der Waals surface area contributed by atoms with Gasteiger partial charge in [0.1, 0.15) is 18.5 Å². The molecule has 0 spiro atoms. The molecule has 1 aliphatic heterocycles. The molecule has 1 aliphatic rings. The van der Waals surface area contributed by atoms with Crippen LogP contribution < -0.4 is 4.74 Å². The third-order valence-electron chi connectivity index (χ3n) is 5.66. The highest BCUT2D eigenvalue weighted by atomic mass is 127. The van der Waals surface area contributed by atoms with E-state index in [1.807, 2.05) is 46.9 Å². The number of rotatable bonds is 14. The lowest BCUT2D eigenvalue weighted by atomic mass is 9.98. The summed E-state index contributed by atoms with van der Waals surface area (Å²) in [6.45, 7) is 4.72. The van der Waals surface area contributed by atoms with E-state index in [4.69, 9.17) is 37.9 Å². The van der Waals surface area contributed by atoms with Gasteiger partial charge in [-0.3, -0.25) is 19.2 Å². The van der Waals surface area contributed by atoms with Crippen molar-refractivity contribution in [1.29, 1.82) is 0 Å². The lowest BCUT2D eigenvalue weighted by molar-refractivity contribution is -0.319. The van der Waals surface area contributed by atoms with Crippen LogP contribution in [0.1, 0.15) is 46.1 Å². The Morgan fingerprint density at radius 1 is 0.902 bits per heavy atom. The number of hydrogen-bond donors (Lipinski definition) is 0. The zero-order valence-electron chi connectivity index (χ0n) is 23.6. The van der Waals surface area contributed by atoms with E-state index in [-0.39, 0.29) is 19.8 Å². The number of halogens is 1. The Balaban J connectivity index is 2.33. The molecule has 1 aromatic carbocycles. The van der Waals surface area contributed by atoms with E-state index in [1.165, 1.54) is 13.8 Å². The van der Waals surface area contributed by atoms with Gasteiger partial charge in [0.15, 0.2) is 24.6 Å². The Labute approximate surface area is 252 Å². The smallest absolute Gasteiger partial charge is 0.303 e. The molecule has 0 saturated carbocycles. The molecular formula is C28H35IO12. The summed E-state index contributed by atoms with van der Waals surface area (Å²) >= 11 is 1.93. The highest BCUT2D eigenvalue weighted by Gasteiger charge is 2.53. The molecule has 1 aromatic rings. The zero-order valence-corrected chi connectivity index (χ0v) is 25.7. The fourth-order valence-electron chi connectivity index (χ4n) is 3.99. The Morgan fingerprint density at radius 2 is 1.51 bits per heavy atom. The molecule has 0 bridgehead atoms. The molecule has 12 nitrogen and oxygen atoms in total.